The molecular formula is C16H26N4O2S. The quantitative estimate of drug-likeness (QED) is 0.827. The normalized spacial score (nSPS) is 25.5. The summed E-state index contributed by atoms with van der Waals surface area (Å²) in [7, 11) is -3.29. The van der Waals surface area contributed by atoms with Crippen LogP contribution in [0.5, 0.6) is 0 Å². The van der Waals surface area contributed by atoms with Gasteiger partial charge >= 0.3 is 0 Å². The Morgan fingerprint density at radius 3 is 2.61 bits per heavy atom. The standard InChI is InChI=1S/C16H26N4O2S/c1-15-4-3-7-20(13-15)23(21,22)19-10-8-18(9-11-19)14-16-5-2-6-17-12-16/h2,5-6,12,15H,3-4,7-11,13-14H2,1H3/t15-/m0/s1. The van der Waals surface area contributed by atoms with Crippen LogP contribution in [-0.4, -0.2) is 66.2 Å². The molecule has 0 radical (unpaired) electrons. The van der Waals surface area contributed by atoms with E-state index < -0.39 is 10.2 Å². The molecule has 6 nitrogen and oxygen atoms in total. The van der Waals surface area contributed by atoms with Gasteiger partial charge in [-0.3, -0.25) is 9.88 Å². The molecule has 0 N–H and O–H groups in total. The van der Waals surface area contributed by atoms with Gasteiger partial charge in [0.2, 0.25) is 0 Å². The summed E-state index contributed by atoms with van der Waals surface area (Å²) in [6.07, 6.45) is 5.75. The Morgan fingerprint density at radius 2 is 1.96 bits per heavy atom. The van der Waals surface area contributed by atoms with Crippen molar-refractivity contribution in [3.8, 4) is 0 Å². The van der Waals surface area contributed by atoms with Gasteiger partial charge in [-0.1, -0.05) is 13.0 Å². The highest BCUT2D eigenvalue weighted by atomic mass is 32.2. The van der Waals surface area contributed by atoms with Gasteiger partial charge in [-0.15, -0.1) is 0 Å². The minimum absolute atomic E-state index is 0.463. The molecule has 23 heavy (non-hydrogen) atoms. The second-order valence-corrected chi connectivity index (χ2v) is 8.58. The first kappa shape index (κ1) is 16.8. The second kappa shape index (κ2) is 7.25. The Bertz CT molecular complexity index is 600. The van der Waals surface area contributed by atoms with Crippen LogP contribution in [-0.2, 0) is 16.8 Å². The fraction of sp³-hybridized carbons (Fsp3) is 0.688. The molecule has 3 heterocycles. The minimum atomic E-state index is -3.29. The number of hydrogen-bond acceptors (Lipinski definition) is 4. The molecule has 1 aromatic rings. The van der Waals surface area contributed by atoms with E-state index in [0.717, 1.165) is 32.5 Å². The lowest BCUT2D eigenvalue weighted by molar-refractivity contribution is 0.169. The molecule has 1 atom stereocenters. The van der Waals surface area contributed by atoms with E-state index in [2.05, 4.69) is 22.9 Å². The SMILES string of the molecule is C[C@H]1CCCN(S(=O)(=O)N2CCN(Cc3cccnc3)CC2)C1. The average Bonchev–Trinajstić information content (AvgIpc) is 2.56. The minimum Gasteiger partial charge on any atom is -0.296 e. The molecule has 1 aromatic heterocycles. The fourth-order valence-corrected chi connectivity index (χ4v) is 5.14. The first-order valence-electron chi connectivity index (χ1n) is 8.42. The molecule has 0 bridgehead atoms. The number of hydrogen-bond donors (Lipinski definition) is 0. The van der Waals surface area contributed by atoms with Gasteiger partial charge in [0.1, 0.15) is 0 Å². The third kappa shape index (κ3) is 4.09. The van der Waals surface area contributed by atoms with Crippen molar-refractivity contribution in [3.63, 3.8) is 0 Å². The van der Waals surface area contributed by atoms with Crippen LogP contribution < -0.4 is 0 Å². The van der Waals surface area contributed by atoms with Gasteiger partial charge in [0.15, 0.2) is 0 Å². The van der Waals surface area contributed by atoms with E-state index in [0.29, 0.717) is 32.1 Å². The van der Waals surface area contributed by atoms with E-state index in [-0.39, 0.29) is 0 Å². The molecule has 0 amide bonds. The summed E-state index contributed by atoms with van der Waals surface area (Å²) in [5, 5.41) is 0. The lowest BCUT2D eigenvalue weighted by Crippen LogP contribution is -2.54. The van der Waals surface area contributed by atoms with Crippen molar-refractivity contribution in [1.29, 1.82) is 0 Å². The first-order valence-corrected chi connectivity index (χ1v) is 9.82. The highest BCUT2D eigenvalue weighted by Gasteiger charge is 2.34. The van der Waals surface area contributed by atoms with Crippen LogP contribution in [0.1, 0.15) is 25.3 Å². The maximum Gasteiger partial charge on any atom is 0.282 e. The van der Waals surface area contributed by atoms with Gasteiger partial charge in [0, 0.05) is 58.2 Å². The molecule has 0 aliphatic carbocycles. The van der Waals surface area contributed by atoms with Crippen LogP contribution in [0.4, 0.5) is 0 Å². The van der Waals surface area contributed by atoms with Gasteiger partial charge < -0.3 is 0 Å². The van der Waals surface area contributed by atoms with Crippen molar-refractivity contribution < 1.29 is 8.42 Å². The smallest absolute Gasteiger partial charge is 0.282 e. The van der Waals surface area contributed by atoms with E-state index >= 15 is 0 Å². The Hall–Kier alpha value is -1.02. The van der Waals surface area contributed by atoms with Gasteiger partial charge in [0.05, 0.1) is 0 Å². The third-order valence-electron chi connectivity index (χ3n) is 4.73. The Labute approximate surface area is 139 Å². The van der Waals surface area contributed by atoms with Crippen molar-refractivity contribution in [2.45, 2.75) is 26.3 Å². The number of piperidine rings is 1. The topological polar surface area (TPSA) is 56.8 Å². The maximum atomic E-state index is 12.8. The highest BCUT2D eigenvalue weighted by Crippen LogP contribution is 2.21. The predicted octanol–water partition coefficient (Wildman–Crippen LogP) is 1.18. The van der Waals surface area contributed by atoms with Gasteiger partial charge in [-0.25, -0.2) is 0 Å². The molecule has 0 unspecified atom stereocenters. The van der Waals surface area contributed by atoms with Crippen LogP contribution in [0.2, 0.25) is 0 Å². The van der Waals surface area contributed by atoms with Gasteiger partial charge in [-0.05, 0) is 30.4 Å². The molecule has 2 aliphatic rings. The molecule has 0 saturated carbocycles. The molecule has 128 valence electrons. The molecule has 0 aromatic carbocycles. The lowest BCUT2D eigenvalue weighted by Gasteiger charge is -2.38. The lowest BCUT2D eigenvalue weighted by atomic mass is 10.0. The fourth-order valence-electron chi connectivity index (χ4n) is 3.39. The van der Waals surface area contributed by atoms with Crippen molar-refractivity contribution in [3.05, 3.63) is 30.1 Å². The van der Waals surface area contributed by atoms with E-state index in [1.54, 1.807) is 14.8 Å². The summed E-state index contributed by atoms with van der Waals surface area (Å²) in [5.74, 6) is 0.463. The molecule has 3 rings (SSSR count). The zero-order chi connectivity index (χ0) is 16.3. The largest absolute Gasteiger partial charge is 0.296 e. The van der Waals surface area contributed by atoms with Crippen molar-refractivity contribution >= 4 is 10.2 Å². The number of aromatic nitrogens is 1. The van der Waals surface area contributed by atoms with Crippen molar-refractivity contribution in [1.82, 2.24) is 18.5 Å². The number of piperazine rings is 1. The second-order valence-electron chi connectivity index (χ2n) is 6.65. The van der Waals surface area contributed by atoms with Crippen LogP contribution >= 0.6 is 0 Å². The average molecular weight is 338 g/mol. The Morgan fingerprint density at radius 1 is 1.17 bits per heavy atom. The van der Waals surface area contributed by atoms with Crippen LogP contribution in [0.25, 0.3) is 0 Å². The zero-order valence-electron chi connectivity index (χ0n) is 13.8. The first-order chi connectivity index (χ1) is 11.1. The predicted molar refractivity (Wildman–Crippen MR) is 90.0 cm³/mol. The summed E-state index contributed by atoms with van der Waals surface area (Å²) in [6.45, 7) is 7.01. The van der Waals surface area contributed by atoms with E-state index in [1.807, 2.05) is 12.3 Å². The molecule has 2 aliphatic heterocycles. The monoisotopic (exact) mass is 338 g/mol. The van der Waals surface area contributed by atoms with E-state index in [9.17, 15) is 8.42 Å². The summed E-state index contributed by atoms with van der Waals surface area (Å²) < 4.78 is 28.9. The van der Waals surface area contributed by atoms with E-state index in [4.69, 9.17) is 0 Å². The number of pyridine rings is 1. The van der Waals surface area contributed by atoms with Crippen LogP contribution in [0.15, 0.2) is 24.5 Å². The summed E-state index contributed by atoms with van der Waals surface area (Å²) in [5.41, 5.74) is 1.17. The molecule has 2 saturated heterocycles. The summed E-state index contributed by atoms with van der Waals surface area (Å²) in [4.78, 5) is 6.43. The van der Waals surface area contributed by atoms with E-state index in [1.165, 1.54) is 5.56 Å². The van der Waals surface area contributed by atoms with Crippen molar-refractivity contribution in [2.75, 3.05) is 39.3 Å². The third-order valence-corrected chi connectivity index (χ3v) is 6.73. The molecule has 0 spiro atoms. The Kier molecular flexibility index (Phi) is 5.31. The number of nitrogens with zero attached hydrogens (tertiary/aromatic N) is 4. The highest BCUT2D eigenvalue weighted by molar-refractivity contribution is 7.86. The molecule has 7 heteroatoms. The maximum absolute atomic E-state index is 12.8. The molecular weight excluding hydrogens is 312 g/mol. The number of rotatable bonds is 4. The summed E-state index contributed by atoms with van der Waals surface area (Å²) >= 11 is 0. The van der Waals surface area contributed by atoms with Gasteiger partial charge in [-0.2, -0.15) is 17.0 Å². The van der Waals surface area contributed by atoms with Crippen molar-refractivity contribution in [2.24, 2.45) is 5.92 Å². The molecule has 2 fully saturated rings. The van der Waals surface area contributed by atoms with Crippen LogP contribution in [0, 0.1) is 5.92 Å². The van der Waals surface area contributed by atoms with Gasteiger partial charge in [0.25, 0.3) is 10.2 Å². The summed E-state index contributed by atoms with van der Waals surface area (Å²) in [6, 6.07) is 4.00. The zero-order valence-corrected chi connectivity index (χ0v) is 14.6. The van der Waals surface area contributed by atoms with Crippen LogP contribution in [0.3, 0.4) is 0 Å². The Balaban J connectivity index is 1.55.